The lowest BCUT2D eigenvalue weighted by atomic mass is 9.97. The molecule has 1 aliphatic rings. The van der Waals surface area contributed by atoms with Crippen molar-refractivity contribution in [2.45, 2.75) is 32.2 Å². The molecule has 4 aromatic heterocycles. The molecule has 7 heteroatoms. The second-order valence-electron chi connectivity index (χ2n) is 8.54. The predicted molar refractivity (Wildman–Crippen MR) is 136 cm³/mol. The van der Waals surface area contributed by atoms with Crippen LogP contribution in [0.1, 0.15) is 45.9 Å². The molecule has 1 N–H and O–H groups in total. The summed E-state index contributed by atoms with van der Waals surface area (Å²) in [5.41, 5.74) is 4.75. The van der Waals surface area contributed by atoms with Gasteiger partial charge in [-0.3, -0.25) is 14.5 Å². The number of nitrogens with one attached hydrogen (secondary N) is 1. The molecule has 4 heterocycles. The van der Waals surface area contributed by atoms with Crippen LogP contribution in [-0.4, -0.2) is 24.7 Å². The summed E-state index contributed by atoms with van der Waals surface area (Å²) in [6.45, 7) is 0.690. The number of benzene rings is 1. The summed E-state index contributed by atoms with van der Waals surface area (Å²) in [4.78, 5) is 27.8. The monoisotopic (exact) mass is 465 g/mol. The molecule has 0 aliphatic heterocycles. The van der Waals surface area contributed by atoms with Crippen LogP contribution in [0, 0.1) is 0 Å². The summed E-state index contributed by atoms with van der Waals surface area (Å²) in [6, 6.07) is 16.0. The maximum atomic E-state index is 13.2. The number of pyridine rings is 1. The molecule has 0 saturated heterocycles. The highest BCUT2D eigenvalue weighted by atomic mass is 32.1. The van der Waals surface area contributed by atoms with Crippen LogP contribution in [0.25, 0.3) is 21.9 Å². The van der Waals surface area contributed by atoms with Gasteiger partial charge in [0.2, 0.25) is 0 Å². The highest BCUT2D eigenvalue weighted by Crippen LogP contribution is 2.34. The number of H-pyrrole nitrogens is 1. The fourth-order valence-electron chi connectivity index (χ4n) is 4.55. The van der Waals surface area contributed by atoms with E-state index in [9.17, 15) is 4.79 Å². The maximum Gasteiger partial charge on any atom is 0.260 e. The zero-order valence-electron chi connectivity index (χ0n) is 18.6. The van der Waals surface area contributed by atoms with E-state index in [-0.39, 0.29) is 5.56 Å². The number of hydrogen-bond acceptors (Lipinski definition) is 5. The Morgan fingerprint density at radius 2 is 1.94 bits per heavy atom. The van der Waals surface area contributed by atoms with Crippen LogP contribution in [0.3, 0.4) is 0 Å². The summed E-state index contributed by atoms with van der Waals surface area (Å²) >= 11 is 1.66. The Morgan fingerprint density at radius 1 is 1.09 bits per heavy atom. The van der Waals surface area contributed by atoms with E-state index >= 15 is 0 Å². The van der Waals surface area contributed by atoms with E-state index in [4.69, 9.17) is 4.98 Å². The Labute approximate surface area is 200 Å². The number of rotatable bonds is 5. The molecule has 168 valence electrons. The number of aryl methyl sites for hydroxylation is 2. The summed E-state index contributed by atoms with van der Waals surface area (Å²) in [7, 11) is 0. The van der Waals surface area contributed by atoms with Crippen molar-refractivity contribution in [3.63, 3.8) is 0 Å². The van der Waals surface area contributed by atoms with Crippen molar-refractivity contribution in [1.29, 1.82) is 0 Å². The number of aromatic nitrogens is 5. The summed E-state index contributed by atoms with van der Waals surface area (Å²) < 4.78 is 1.91. The minimum atomic E-state index is -0.0685. The van der Waals surface area contributed by atoms with Gasteiger partial charge in [0.25, 0.3) is 5.56 Å². The molecule has 34 heavy (non-hydrogen) atoms. The first kappa shape index (κ1) is 20.7. The van der Waals surface area contributed by atoms with E-state index in [0.717, 1.165) is 46.3 Å². The Balaban J connectivity index is 1.43. The summed E-state index contributed by atoms with van der Waals surface area (Å²) in [5.74, 6) is 0.533. The van der Waals surface area contributed by atoms with Crippen molar-refractivity contribution in [2.75, 3.05) is 0 Å². The Bertz CT molecular complexity index is 1550. The van der Waals surface area contributed by atoms with Gasteiger partial charge in [0.05, 0.1) is 23.8 Å². The van der Waals surface area contributed by atoms with E-state index in [2.05, 4.69) is 27.2 Å². The molecule has 0 radical (unpaired) electrons. The number of aromatic amines is 1. The van der Waals surface area contributed by atoms with Crippen LogP contribution < -0.4 is 5.56 Å². The van der Waals surface area contributed by atoms with Gasteiger partial charge in [0, 0.05) is 28.4 Å². The standard InChI is InChI=1S/C27H23N5OS/c33-26-24-20-10-4-5-12-23(20)34-27(24)31-25(30-26)21(22-11-6-7-13-28-22)14-19-15-29-32(17-19)16-18-8-2-1-3-9-18/h1-3,6-9,11,13-15,17H,4-5,10,12,16H2,(H,30,31,33)/b21-14-. The van der Waals surface area contributed by atoms with Gasteiger partial charge >= 0.3 is 0 Å². The first-order valence-electron chi connectivity index (χ1n) is 11.5. The lowest BCUT2D eigenvalue weighted by molar-refractivity contribution is 0.687. The summed E-state index contributed by atoms with van der Waals surface area (Å²) in [6.07, 6.45) is 11.9. The first-order chi connectivity index (χ1) is 16.7. The third kappa shape index (κ3) is 3.99. The number of fused-ring (bicyclic) bond motifs is 3. The highest BCUT2D eigenvalue weighted by Gasteiger charge is 2.21. The molecule has 0 spiro atoms. The first-order valence-corrected chi connectivity index (χ1v) is 12.3. The van der Waals surface area contributed by atoms with Gasteiger partial charge in [-0.1, -0.05) is 36.4 Å². The van der Waals surface area contributed by atoms with Gasteiger partial charge < -0.3 is 4.98 Å². The molecule has 0 atom stereocenters. The second-order valence-corrected chi connectivity index (χ2v) is 9.62. The fraction of sp³-hybridized carbons (Fsp3) is 0.185. The molecular weight excluding hydrogens is 442 g/mol. The van der Waals surface area contributed by atoms with Gasteiger partial charge in [-0.05, 0) is 55.0 Å². The molecule has 0 unspecified atom stereocenters. The molecule has 1 aromatic carbocycles. The third-order valence-corrected chi connectivity index (χ3v) is 7.36. The number of nitrogens with zero attached hydrogens (tertiary/aromatic N) is 4. The molecule has 6 rings (SSSR count). The third-order valence-electron chi connectivity index (χ3n) is 6.17. The SMILES string of the molecule is O=c1[nH]c(/C(=C\c2cnn(Cc3ccccc3)c2)c2ccccn2)nc2sc3c(c12)CCCC3. The molecule has 5 aromatic rings. The second kappa shape index (κ2) is 8.83. The molecule has 0 saturated carbocycles. The van der Waals surface area contributed by atoms with Crippen LogP contribution in [0.2, 0.25) is 0 Å². The smallest absolute Gasteiger partial charge is 0.260 e. The highest BCUT2D eigenvalue weighted by molar-refractivity contribution is 7.18. The Morgan fingerprint density at radius 3 is 2.79 bits per heavy atom. The van der Waals surface area contributed by atoms with E-state index in [1.807, 2.05) is 59.5 Å². The number of hydrogen-bond donors (Lipinski definition) is 1. The van der Waals surface area contributed by atoms with Crippen molar-refractivity contribution in [1.82, 2.24) is 24.7 Å². The van der Waals surface area contributed by atoms with Crippen LogP contribution >= 0.6 is 11.3 Å². The Hall–Kier alpha value is -3.84. The lowest BCUT2D eigenvalue weighted by Crippen LogP contribution is -2.13. The van der Waals surface area contributed by atoms with Crippen LogP contribution in [0.5, 0.6) is 0 Å². The van der Waals surface area contributed by atoms with Gasteiger partial charge in [0.1, 0.15) is 10.7 Å². The average Bonchev–Trinajstić information content (AvgIpc) is 3.47. The fourth-order valence-corrected chi connectivity index (χ4v) is 5.82. The molecule has 0 fully saturated rings. The van der Waals surface area contributed by atoms with E-state index in [1.54, 1.807) is 17.5 Å². The van der Waals surface area contributed by atoms with Crippen molar-refractivity contribution < 1.29 is 0 Å². The van der Waals surface area contributed by atoms with Crippen molar-refractivity contribution in [3.8, 4) is 0 Å². The largest absolute Gasteiger partial charge is 0.306 e. The Kier molecular flexibility index (Phi) is 5.39. The van der Waals surface area contributed by atoms with Gasteiger partial charge in [-0.2, -0.15) is 5.10 Å². The molecule has 0 bridgehead atoms. The minimum absolute atomic E-state index is 0.0685. The van der Waals surface area contributed by atoms with Crippen molar-refractivity contribution in [2.24, 2.45) is 0 Å². The molecule has 0 amide bonds. The van der Waals surface area contributed by atoms with E-state index in [0.29, 0.717) is 12.4 Å². The van der Waals surface area contributed by atoms with E-state index < -0.39 is 0 Å². The molecular formula is C27H23N5OS. The average molecular weight is 466 g/mol. The van der Waals surface area contributed by atoms with Crippen molar-refractivity contribution in [3.05, 3.63) is 111 Å². The lowest BCUT2D eigenvalue weighted by Gasteiger charge is -2.10. The van der Waals surface area contributed by atoms with Crippen LogP contribution in [-0.2, 0) is 19.4 Å². The molecule has 6 nitrogen and oxygen atoms in total. The van der Waals surface area contributed by atoms with Gasteiger partial charge in [-0.15, -0.1) is 11.3 Å². The zero-order chi connectivity index (χ0) is 22.9. The maximum absolute atomic E-state index is 13.2. The zero-order valence-corrected chi connectivity index (χ0v) is 19.4. The molecule has 1 aliphatic carbocycles. The van der Waals surface area contributed by atoms with Crippen LogP contribution in [0.15, 0.2) is 71.9 Å². The quantitative estimate of drug-likeness (QED) is 0.392. The topological polar surface area (TPSA) is 76.5 Å². The summed E-state index contributed by atoms with van der Waals surface area (Å²) in [5, 5.41) is 5.29. The predicted octanol–water partition coefficient (Wildman–Crippen LogP) is 5.09. The van der Waals surface area contributed by atoms with Crippen molar-refractivity contribution >= 4 is 33.2 Å². The number of thiophene rings is 1. The van der Waals surface area contributed by atoms with Gasteiger partial charge in [0.15, 0.2) is 0 Å². The normalized spacial score (nSPS) is 13.8. The minimum Gasteiger partial charge on any atom is -0.306 e. The van der Waals surface area contributed by atoms with Gasteiger partial charge in [-0.25, -0.2) is 4.98 Å². The van der Waals surface area contributed by atoms with Crippen LogP contribution in [0.4, 0.5) is 0 Å². The van der Waals surface area contributed by atoms with E-state index in [1.165, 1.54) is 22.4 Å².